The number of carbonyl (C=O) groups excluding carboxylic acids is 1. The minimum absolute atomic E-state index is 0.0328. The second kappa shape index (κ2) is 6.89. The number of hydrogen-bond acceptors (Lipinski definition) is 3. The van der Waals surface area contributed by atoms with Crippen LogP contribution in [0.4, 0.5) is 8.78 Å². The van der Waals surface area contributed by atoms with Gasteiger partial charge in [-0.3, -0.25) is 4.79 Å². The summed E-state index contributed by atoms with van der Waals surface area (Å²) in [6, 6.07) is 3.61. The summed E-state index contributed by atoms with van der Waals surface area (Å²) in [4.78, 5) is 15.7. The average Bonchev–Trinajstić information content (AvgIpc) is 2.92. The molecule has 0 aliphatic heterocycles. The van der Waals surface area contributed by atoms with Gasteiger partial charge in [-0.1, -0.05) is 12.5 Å². The number of amides is 1. The molecule has 1 aromatic heterocycles. The third-order valence-corrected chi connectivity index (χ3v) is 4.14. The Kier molecular flexibility index (Phi) is 4.69. The summed E-state index contributed by atoms with van der Waals surface area (Å²) >= 11 is 0. The quantitative estimate of drug-likeness (QED) is 0.886. The molecular weight excluding hydrogens is 302 g/mol. The van der Waals surface area contributed by atoms with Crippen molar-refractivity contribution < 1.29 is 18.0 Å². The largest absolute Gasteiger partial charge is 0.441 e. The zero-order valence-electron chi connectivity index (χ0n) is 12.6. The number of aryl methyl sites for hydroxylation is 1. The van der Waals surface area contributed by atoms with E-state index in [0.717, 1.165) is 18.7 Å². The van der Waals surface area contributed by atoms with E-state index in [1.165, 1.54) is 31.5 Å². The van der Waals surface area contributed by atoms with Crippen molar-refractivity contribution in [1.82, 2.24) is 10.3 Å². The molecule has 1 N–H and O–H groups in total. The first-order chi connectivity index (χ1) is 11.1. The lowest BCUT2D eigenvalue weighted by molar-refractivity contribution is -0.121. The van der Waals surface area contributed by atoms with Crippen LogP contribution in [0.15, 0.2) is 28.8 Å². The Balaban J connectivity index is 1.56. The van der Waals surface area contributed by atoms with Crippen molar-refractivity contribution in [3.05, 3.63) is 41.9 Å². The van der Waals surface area contributed by atoms with Crippen LogP contribution in [0.3, 0.4) is 0 Å². The molecule has 1 aromatic carbocycles. The molecule has 1 heterocycles. The third-order valence-electron chi connectivity index (χ3n) is 4.14. The van der Waals surface area contributed by atoms with Gasteiger partial charge in [-0.2, -0.15) is 0 Å². The SMILES string of the molecule is O=C(CCc1ncc(-c2c(F)cccc2F)o1)NCC1CCC1. The lowest BCUT2D eigenvalue weighted by Crippen LogP contribution is -2.32. The molecule has 1 aliphatic rings. The normalized spacial score (nSPS) is 14.5. The molecule has 4 nitrogen and oxygen atoms in total. The zero-order chi connectivity index (χ0) is 16.2. The van der Waals surface area contributed by atoms with Gasteiger partial charge in [-0.05, 0) is 30.9 Å². The predicted molar refractivity (Wildman–Crippen MR) is 80.5 cm³/mol. The predicted octanol–water partition coefficient (Wildman–Crippen LogP) is 3.47. The van der Waals surface area contributed by atoms with Crippen LogP contribution in [-0.2, 0) is 11.2 Å². The van der Waals surface area contributed by atoms with Gasteiger partial charge in [0.15, 0.2) is 11.7 Å². The maximum absolute atomic E-state index is 13.7. The molecule has 6 heteroatoms. The summed E-state index contributed by atoms with van der Waals surface area (Å²) in [5.74, 6) is -0.533. The number of aromatic nitrogens is 1. The van der Waals surface area contributed by atoms with E-state index < -0.39 is 11.6 Å². The van der Waals surface area contributed by atoms with Crippen LogP contribution in [-0.4, -0.2) is 17.4 Å². The van der Waals surface area contributed by atoms with Crippen LogP contribution in [0.25, 0.3) is 11.3 Å². The Labute approximate surface area is 132 Å². The van der Waals surface area contributed by atoms with E-state index in [0.29, 0.717) is 18.2 Å². The molecule has 1 aliphatic carbocycles. The number of nitrogens with zero attached hydrogens (tertiary/aromatic N) is 1. The number of hydrogen-bond donors (Lipinski definition) is 1. The Bertz CT molecular complexity index is 675. The monoisotopic (exact) mass is 320 g/mol. The molecule has 1 saturated carbocycles. The van der Waals surface area contributed by atoms with Gasteiger partial charge >= 0.3 is 0 Å². The molecule has 3 rings (SSSR count). The van der Waals surface area contributed by atoms with Gasteiger partial charge in [0.05, 0.1) is 11.8 Å². The third kappa shape index (κ3) is 3.75. The van der Waals surface area contributed by atoms with Crippen molar-refractivity contribution in [2.45, 2.75) is 32.1 Å². The molecule has 0 unspecified atom stereocenters. The van der Waals surface area contributed by atoms with Gasteiger partial charge in [0, 0.05) is 19.4 Å². The van der Waals surface area contributed by atoms with Gasteiger partial charge in [0.1, 0.15) is 11.6 Å². The first-order valence-corrected chi connectivity index (χ1v) is 7.79. The summed E-state index contributed by atoms with van der Waals surface area (Å²) in [5.41, 5.74) is -0.235. The fourth-order valence-corrected chi connectivity index (χ4v) is 2.54. The summed E-state index contributed by atoms with van der Waals surface area (Å²) in [7, 11) is 0. The average molecular weight is 320 g/mol. The van der Waals surface area contributed by atoms with Crippen LogP contribution < -0.4 is 5.32 Å². The van der Waals surface area contributed by atoms with E-state index in [9.17, 15) is 13.6 Å². The summed E-state index contributed by atoms with van der Waals surface area (Å²) in [5, 5.41) is 2.88. The van der Waals surface area contributed by atoms with Crippen molar-refractivity contribution in [3.8, 4) is 11.3 Å². The fraction of sp³-hybridized carbons (Fsp3) is 0.412. The van der Waals surface area contributed by atoms with Gasteiger partial charge in [-0.15, -0.1) is 0 Å². The molecule has 0 saturated heterocycles. The van der Waals surface area contributed by atoms with E-state index in [4.69, 9.17) is 4.42 Å². The van der Waals surface area contributed by atoms with Crippen molar-refractivity contribution >= 4 is 5.91 Å². The molecule has 0 bridgehead atoms. The number of benzene rings is 1. The molecule has 1 amide bonds. The number of nitrogens with one attached hydrogen (secondary N) is 1. The Morgan fingerprint density at radius 2 is 2.04 bits per heavy atom. The fourth-order valence-electron chi connectivity index (χ4n) is 2.54. The van der Waals surface area contributed by atoms with Crippen LogP contribution in [0, 0.1) is 17.6 Å². The highest BCUT2D eigenvalue weighted by molar-refractivity contribution is 5.76. The molecule has 0 radical (unpaired) electrons. The van der Waals surface area contributed by atoms with Crippen LogP contribution >= 0.6 is 0 Å². The van der Waals surface area contributed by atoms with Crippen LogP contribution in [0.5, 0.6) is 0 Å². The number of rotatable bonds is 6. The van der Waals surface area contributed by atoms with Crippen LogP contribution in [0.1, 0.15) is 31.6 Å². The number of halogens is 2. The number of carbonyl (C=O) groups is 1. The zero-order valence-corrected chi connectivity index (χ0v) is 12.6. The van der Waals surface area contributed by atoms with E-state index >= 15 is 0 Å². The highest BCUT2D eigenvalue weighted by Crippen LogP contribution is 2.27. The molecule has 0 atom stereocenters. The first kappa shape index (κ1) is 15.6. The van der Waals surface area contributed by atoms with E-state index in [1.807, 2.05) is 0 Å². The highest BCUT2D eigenvalue weighted by Gasteiger charge is 2.19. The lowest BCUT2D eigenvalue weighted by Gasteiger charge is -2.25. The Hall–Kier alpha value is -2.24. The number of oxazole rings is 1. The van der Waals surface area contributed by atoms with Crippen LogP contribution in [0.2, 0.25) is 0 Å². The Morgan fingerprint density at radius 1 is 1.30 bits per heavy atom. The van der Waals surface area contributed by atoms with Gasteiger partial charge in [0.25, 0.3) is 0 Å². The van der Waals surface area contributed by atoms with E-state index in [-0.39, 0.29) is 23.7 Å². The van der Waals surface area contributed by atoms with Crippen molar-refractivity contribution in [2.75, 3.05) is 6.54 Å². The van der Waals surface area contributed by atoms with Gasteiger partial charge in [0.2, 0.25) is 5.91 Å². The van der Waals surface area contributed by atoms with Crippen molar-refractivity contribution in [3.63, 3.8) is 0 Å². The minimum Gasteiger partial charge on any atom is -0.441 e. The molecule has 0 spiro atoms. The summed E-state index contributed by atoms with van der Waals surface area (Å²) in [6.45, 7) is 0.718. The molecule has 2 aromatic rings. The molecule has 23 heavy (non-hydrogen) atoms. The van der Waals surface area contributed by atoms with Crippen molar-refractivity contribution in [1.29, 1.82) is 0 Å². The van der Waals surface area contributed by atoms with Gasteiger partial charge < -0.3 is 9.73 Å². The second-order valence-electron chi connectivity index (χ2n) is 5.82. The van der Waals surface area contributed by atoms with E-state index in [1.54, 1.807) is 0 Å². The second-order valence-corrected chi connectivity index (χ2v) is 5.82. The molecular formula is C17H18F2N2O2. The minimum atomic E-state index is -0.703. The van der Waals surface area contributed by atoms with Gasteiger partial charge in [-0.25, -0.2) is 13.8 Å². The first-order valence-electron chi connectivity index (χ1n) is 7.79. The highest BCUT2D eigenvalue weighted by atomic mass is 19.1. The topological polar surface area (TPSA) is 55.1 Å². The smallest absolute Gasteiger partial charge is 0.220 e. The maximum atomic E-state index is 13.7. The molecule has 122 valence electrons. The lowest BCUT2D eigenvalue weighted by atomic mass is 9.85. The summed E-state index contributed by atoms with van der Waals surface area (Å²) in [6.07, 6.45) is 5.42. The van der Waals surface area contributed by atoms with E-state index in [2.05, 4.69) is 10.3 Å². The maximum Gasteiger partial charge on any atom is 0.220 e. The molecule has 1 fully saturated rings. The van der Waals surface area contributed by atoms with Crippen molar-refractivity contribution in [2.24, 2.45) is 5.92 Å². The Morgan fingerprint density at radius 3 is 2.70 bits per heavy atom. The summed E-state index contributed by atoms with van der Waals surface area (Å²) < 4.78 is 32.7. The standard InChI is InChI=1S/C17H18F2N2O2/c18-12-5-2-6-13(19)17(12)14-10-21-16(23-14)8-7-15(22)20-9-11-3-1-4-11/h2,5-6,10-11H,1,3-4,7-9H2,(H,20,22).